The number of benzene rings is 1. The van der Waals surface area contributed by atoms with Crippen LogP contribution in [0.3, 0.4) is 0 Å². The Hall–Kier alpha value is -1.26. The van der Waals surface area contributed by atoms with E-state index < -0.39 is 0 Å². The summed E-state index contributed by atoms with van der Waals surface area (Å²) < 4.78 is 0. The Balaban J connectivity index is 2.21. The zero-order chi connectivity index (χ0) is 13.1. The van der Waals surface area contributed by atoms with Crippen molar-refractivity contribution in [2.75, 3.05) is 31.6 Å². The first-order valence-electron chi connectivity index (χ1n) is 6.12. The van der Waals surface area contributed by atoms with Gasteiger partial charge in [0.05, 0.1) is 10.7 Å². The fourth-order valence-electron chi connectivity index (χ4n) is 2.20. The molecule has 0 spiro atoms. The number of carbonyl (C=O) groups excluding carboxylic acids is 1. The van der Waals surface area contributed by atoms with Gasteiger partial charge in [-0.15, -0.1) is 0 Å². The van der Waals surface area contributed by atoms with Crippen LogP contribution in [0, 0.1) is 0 Å². The van der Waals surface area contributed by atoms with Crippen LogP contribution >= 0.6 is 11.6 Å². The van der Waals surface area contributed by atoms with Crippen molar-refractivity contribution < 1.29 is 4.79 Å². The largest absolute Gasteiger partial charge is 0.368 e. The van der Waals surface area contributed by atoms with Crippen molar-refractivity contribution >= 4 is 23.2 Å². The summed E-state index contributed by atoms with van der Waals surface area (Å²) in [5, 5.41) is 6.61. The number of piperazine rings is 1. The summed E-state index contributed by atoms with van der Waals surface area (Å²) in [7, 11) is 1.61. The fraction of sp³-hybridized carbons (Fsp3) is 0.462. The fourth-order valence-corrected chi connectivity index (χ4v) is 2.50. The minimum Gasteiger partial charge on any atom is -0.368 e. The second-order valence-corrected chi connectivity index (χ2v) is 4.95. The van der Waals surface area contributed by atoms with Crippen LogP contribution in [0.2, 0.25) is 5.02 Å². The molecule has 0 bridgehead atoms. The summed E-state index contributed by atoms with van der Waals surface area (Å²) in [6.45, 7) is 4.97. The molecule has 1 saturated heterocycles. The maximum absolute atomic E-state index is 11.5. The molecule has 0 saturated carbocycles. The molecule has 98 valence electrons. The molecule has 2 rings (SSSR count). The molecule has 1 fully saturated rings. The molecule has 0 aromatic heterocycles. The Morgan fingerprint density at radius 3 is 2.94 bits per heavy atom. The van der Waals surface area contributed by atoms with Crippen LogP contribution in [-0.4, -0.2) is 38.6 Å². The highest BCUT2D eigenvalue weighted by Crippen LogP contribution is 2.27. The maximum Gasteiger partial charge on any atom is 0.251 e. The number of carbonyl (C=O) groups is 1. The Morgan fingerprint density at radius 1 is 1.56 bits per heavy atom. The third-order valence-corrected chi connectivity index (χ3v) is 3.45. The number of amides is 1. The molecule has 1 heterocycles. The highest BCUT2D eigenvalue weighted by atomic mass is 35.5. The lowest BCUT2D eigenvalue weighted by molar-refractivity contribution is 0.0963. The SMILES string of the molecule is CNC(=O)c1ccc(N2CCN[C@H](C)C2)c(Cl)c1. The topological polar surface area (TPSA) is 44.4 Å². The van der Waals surface area contributed by atoms with Gasteiger partial charge in [0.25, 0.3) is 5.91 Å². The third kappa shape index (κ3) is 2.76. The lowest BCUT2D eigenvalue weighted by atomic mass is 10.1. The maximum atomic E-state index is 11.5. The van der Waals surface area contributed by atoms with Gasteiger partial charge in [-0.05, 0) is 25.1 Å². The van der Waals surface area contributed by atoms with E-state index in [4.69, 9.17) is 11.6 Å². The van der Waals surface area contributed by atoms with E-state index in [1.165, 1.54) is 0 Å². The quantitative estimate of drug-likeness (QED) is 0.854. The van der Waals surface area contributed by atoms with Gasteiger partial charge < -0.3 is 15.5 Å². The van der Waals surface area contributed by atoms with E-state index in [2.05, 4.69) is 22.5 Å². The first-order valence-corrected chi connectivity index (χ1v) is 6.49. The molecule has 1 aliphatic heterocycles. The van der Waals surface area contributed by atoms with Crippen LogP contribution in [0.1, 0.15) is 17.3 Å². The predicted molar refractivity (Wildman–Crippen MR) is 74.5 cm³/mol. The summed E-state index contributed by atoms with van der Waals surface area (Å²) in [4.78, 5) is 13.8. The van der Waals surface area contributed by atoms with Gasteiger partial charge >= 0.3 is 0 Å². The average Bonchev–Trinajstić information content (AvgIpc) is 2.37. The van der Waals surface area contributed by atoms with E-state index in [0.29, 0.717) is 16.6 Å². The van der Waals surface area contributed by atoms with Crippen molar-refractivity contribution in [3.63, 3.8) is 0 Å². The van der Waals surface area contributed by atoms with Crippen molar-refractivity contribution in [3.8, 4) is 0 Å². The predicted octanol–water partition coefficient (Wildman–Crippen LogP) is 1.50. The van der Waals surface area contributed by atoms with Gasteiger partial charge in [0.2, 0.25) is 0 Å². The van der Waals surface area contributed by atoms with E-state index in [0.717, 1.165) is 25.3 Å². The molecule has 2 N–H and O–H groups in total. The van der Waals surface area contributed by atoms with E-state index >= 15 is 0 Å². The number of hydrogen-bond donors (Lipinski definition) is 2. The van der Waals surface area contributed by atoms with Gasteiger partial charge in [-0.1, -0.05) is 11.6 Å². The summed E-state index contributed by atoms with van der Waals surface area (Å²) in [5.74, 6) is -0.114. The van der Waals surface area contributed by atoms with Crippen LogP contribution in [-0.2, 0) is 0 Å². The van der Waals surface area contributed by atoms with E-state index in [1.807, 2.05) is 12.1 Å². The zero-order valence-corrected chi connectivity index (χ0v) is 11.4. The number of hydrogen-bond acceptors (Lipinski definition) is 3. The highest BCUT2D eigenvalue weighted by Gasteiger charge is 2.18. The van der Waals surface area contributed by atoms with Gasteiger partial charge in [0.15, 0.2) is 0 Å². The number of halogens is 1. The van der Waals surface area contributed by atoms with Crippen molar-refractivity contribution in [1.82, 2.24) is 10.6 Å². The zero-order valence-electron chi connectivity index (χ0n) is 10.7. The molecule has 1 aliphatic rings. The summed E-state index contributed by atoms with van der Waals surface area (Å²) in [6, 6.07) is 5.91. The van der Waals surface area contributed by atoms with Gasteiger partial charge in [0.1, 0.15) is 0 Å². The molecule has 1 aromatic rings. The number of nitrogens with zero attached hydrogens (tertiary/aromatic N) is 1. The van der Waals surface area contributed by atoms with Gasteiger partial charge in [-0.3, -0.25) is 4.79 Å². The number of nitrogens with one attached hydrogen (secondary N) is 2. The molecule has 4 nitrogen and oxygen atoms in total. The van der Waals surface area contributed by atoms with Gasteiger partial charge in [-0.2, -0.15) is 0 Å². The van der Waals surface area contributed by atoms with Crippen LogP contribution in [0.4, 0.5) is 5.69 Å². The van der Waals surface area contributed by atoms with Crippen LogP contribution < -0.4 is 15.5 Å². The normalized spacial score (nSPS) is 19.7. The highest BCUT2D eigenvalue weighted by molar-refractivity contribution is 6.33. The molecule has 0 unspecified atom stereocenters. The second kappa shape index (κ2) is 5.59. The minimum atomic E-state index is -0.114. The first-order chi connectivity index (χ1) is 8.61. The van der Waals surface area contributed by atoms with E-state index in [1.54, 1.807) is 13.1 Å². The van der Waals surface area contributed by atoms with E-state index in [-0.39, 0.29) is 5.91 Å². The first kappa shape index (κ1) is 13.2. The number of anilines is 1. The van der Waals surface area contributed by atoms with Crippen LogP contribution in [0.5, 0.6) is 0 Å². The van der Waals surface area contributed by atoms with E-state index in [9.17, 15) is 4.79 Å². The molecule has 1 amide bonds. The minimum absolute atomic E-state index is 0.114. The summed E-state index contributed by atoms with van der Waals surface area (Å²) in [5.41, 5.74) is 1.59. The van der Waals surface area contributed by atoms with Crippen LogP contribution in [0.25, 0.3) is 0 Å². The Labute approximate surface area is 112 Å². The smallest absolute Gasteiger partial charge is 0.251 e. The lowest BCUT2D eigenvalue weighted by Crippen LogP contribution is -2.49. The monoisotopic (exact) mass is 267 g/mol. The summed E-state index contributed by atoms with van der Waals surface area (Å²) >= 11 is 6.27. The van der Waals surface area contributed by atoms with Gasteiger partial charge in [-0.25, -0.2) is 0 Å². The molecule has 1 atom stereocenters. The van der Waals surface area contributed by atoms with Crippen molar-refractivity contribution in [3.05, 3.63) is 28.8 Å². The molecule has 18 heavy (non-hydrogen) atoms. The average molecular weight is 268 g/mol. The van der Waals surface area contributed by atoms with Crippen molar-refractivity contribution in [1.29, 1.82) is 0 Å². The summed E-state index contributed by atoms with van der Waals surface area (Å²) in [6.07, 6.45) is 0. The molecule has 1 aromatic carbocycles. The third-order valence-electron chi connectivity index (χ3n) is 3.15. The molecule has 0 radical (unpaired) electrons. The van der Waals surface area contributed by atoms with Crippen molar-refractivity contribution in [2.45, 2.75) is 13.0 Å². The molecule has 5 heteroatoms. The second-order valence-electron chi connectivity index (χ2n) is 4.55. The standard InChI is InChI=1S/C13H18ClN3O/c1-9-8-17(6-5-16-9)12-4-3-10(7-11(12)14)13(18)15-2/h3-4,7,9,16H,5-6,8H2,1-2H3,(H,15,18)/t9-/m1/s1. The Kier molecular flexibility index (Phi) is 4.09. The lowest BCUT2D eigenvalue weighted by Gasteiger charge is -2.34. The molecule has 0 aliphatic carbocycles. The number of rotatable bonds is 2. The van der Waals surface area contributed by atoms with Crippen LogP contribution in [0.15, 0.2) is 18.2 Å². The van der Waals surface area contributed by atoms with Crippen molar-refractivity contribution in [2.24, 2.45) is 0 Å². The molecular weight excluding hydrogens is 250 g/mol. The molecular formula is C13H18ClN3O. The Morgan fingerprint density at radius 2 is 2.33 bits per heavy atom. The Bertz CT molecular complexity index is 450. The van der Waals surface area contributed by atoms with Gasteiger partial charge in [0, 0.05) is 38.3 Å².